The second kappa shape index (κ2) is 16.5. The lowest BCUT2D eigenvalue weighted by atomic mass is 9.89. The van der Waals surface area contributed by atoms with E-state index in [1.54, 1.807) is 0 Å². The van der Waals surface area contributed by atoms with Crippen molar-refractivity contribution >= 4 is 42.0 Å². The first-order valence-electron chi connectivity index (χ1n) is 20.6. The van der Waals surface area contributed by atoms with E-state index in [1.807, 2.05) is 0 Å². The molecule has 1 heterocycles. The van der Waals surface area contributed by atoms with Crippen molar-refractivity contribution in [3.8, 4) is 0 Å². The molecule has 0 aliphatic carbocycles. The second-order valence-corrected chi connectivity index (χ2v) is 26.1. The molecule has 6 nitrogen and oxygen atoms in total. The molecule has 4 rings (SSSR count). The lowest BCUT2D eigenvalue weighted by molar-refractivity contribution is 0.0919. The Bertz CT molecular complexity index is 1510. The molecule has 0 amide bonds. The maximum atomic E-state index is 13.6. The van der Waals surface area contributed by atoms with Crippen LogP contribution in [-0.2, 0) is 12.3 Å². The average Bonchev–Trinajstić information content (AvgIpc) is 3.05. The van der Waals surface area contributed by atoms with Gasteiger partial charge in [0.25, 0.3) is 0 Å². The molecule has 3 aromatic carbocycles. The summed E-state index contributed by atoms with van der Waals surface area (Å²) in [6.07, 6.45) is 0. The van der Waals surface area contributed by atoms with Gasteiger partial charge in [0.05, 0.1) is 0 Å². The second-order valence-electron chi connectivity index (χ2n) is 18.7. The highest BCUT2D eigenvalue weighted by atomic mass is 28.5. The number of hydrogen-bond donors (Lipinski definition) is 3. The molecule has 3 N–H and O–H groups in total. The zero-order chi connectivity index (χ0) is 41.0. The fourth-order valence-electron chi connectivity index (χ4n) is 7.89. The Morgan fingerprint density at radius 2 is 0.444 bits per heavy atom. The topological polar surface area (TPSA) is 88.4 Å². The van der Waals surface area contributed by atoms with Crippen molar-refractivity contribution in [3.05, 3.63) is 86.5 Å². The van der Waals surface area contributed by atoms with Crippen LogP contribution in [-0.4, -0.2) is 40.8 Å². The Morgan fingerprint density at radius 1 is 0.296 bits per heavy atom. The molecule has 1 saturated heterocycles. The Morgan fingerprint density at radius 3 is 0.556 bits per heavy atom. The van der Waals surface area contributed by atoms with Crippen LogP contribution in [0.3, 0.4) is 0 Å². The smallest absolute Gasteiger partial charge is 0.387 e. The normalized spacial score (nSPS) is 22.6. The van der Waals surface area contributed by atoms with Crippen LogP contribution in [0.4, 0.5) is 0 Å². The molecule has 0 spiro atoms. The van der Waals surface area contributed by atoms with Gasteiger partial charge in [-0.3, -0.25) is 0 Å². The van der Waals surface area contributed by atoms with E-state index in [0.29, 0.717) is 15.6 Å². The predicted octanol–water partition coefficient (Wildman–Crippen LogP) is 9.68. The third-order valence-electron chi connectivity index (χ3n) is 11.2. The van der Waals surface area contributed by atoms with E-state index < -0.39 is 26.4 Å². The van der Waals surface area contributed by atoms with Crippen LogP contribution in [0.15, 0.2) is 36.4 Å². The summed E-state index contributed by atoms with van der Waals surface area (Å²) >= 11 is 0. The molecule has 300 valence electrons. The molecular formula is C45H72O6Si3. The Labute approximate surface area is 331 Å². The van der Waals surface area contributed by atoms with Gasteiger partial charge in [0.2, 0.25) is 0 Å². The minimum Gasteiger partial charge on any atom is -0.387 e. The SMILES string of the molecule is CC(C)c1cc(C(C)C)c([Si]2(O)O[Si](O)(c3c(C(C)C)cc(C(C)C)cc3C(C)C)O[Si](O)(c3c(C(C)C)cc(C(C)C)cc3C(C)C)O2)c(C(C)C)c1. The molecule has 1 aliphatic heterocycles. The minimum atomic E-state index is -4.72. The van der Waals surface area contributed by atoms with Crippen LogP contribution in [0.1, 0.15) is 228 Å². The van der Waals surface area contributed by atoms with Gasteiger partial charge in [-0.1, -0.05) is 161 Å². The molecule has 9 heteroatoms. The first-order valence-corrected chi connectivity index (χ1v) is 25.9. The Kier molecular flexibility index (Phi) is 13.7. The summed E-state index contributed by atoms with van der Waals surface area (Å²) in [5.74, 6) is 0.746. The van der Waals surface area contributed by atoms with E-state index in [0.717, 1.165) is 50.1 Å². The maximum absolute atomic E-state index is 13.6. The molecular weight excluding hydrogens is 721 g/mol. The standard InChI is InChI=1S/C45H72O6Si3/c1-25(2)34-19-37(28(7)8)43(38(20-34)29(9)10)52(46)49-53(47,44-39(30(11)12)21-35(26(3)4)22-40(44)31(13)14)51-54(48,50-52)45-41(32(15)16)23-36(27(5)6)24-42(45)33(17)18/h19-33,46-48H,1-18H3. The fourth-order valence-corrected chi connectivity index (χ4v) is 20.8. The summed E-state index contributed by atoms with van der Waals surface area (Å²) in [6, 6.07) is 13.0. The molecule has 0 atom stereocenters. The van der Waals surface area contributed by atoms with Gasteiger partial charge < -0.3 is 26.7 Å². The van der Waals surface area contributed by atoms with Crippen molar-refractivity contribution < 1.29 is 26.7 Å². The summed E-state index contributed by atoms with van der Waals surface area (Å²) in [5.41, 5.74) is 9.00. The third-order valence-corrected chi connectivity index (χ3v) is 21.4. The number of rotatable bonds is 12. The molecule has 1 fully saturated rings. The summed E-state index contributed by atoms with van der Waals surface area (Å²) in [6.45, 7) is 38.5. The lowest BCUT2D eigenvalue weighted by Gasteiger charge is -2.48. The van der Waals surface area contributed by atoms with Gasteiger partial charge in [0.15, 0.2) is 0 Å². The van der Waals surface area contributed by atoms with Crippen molar-refractivity contribution in [3.63, 3.8) is 0 Å². The Hall–Kier alpha value is -1.93. The van der Waals surface area contributed by atoms with E-state index in [-0.39, 0.29) is 53.3 Å². The van der Waals surface area contributed by atoms with Crippen molar-refractivity contribution in [2.45, 2.75) is 178 Å². The molecule has 54 heavy (non-hydrogen) atoms. The molecule has 0 unspecified atom stereocenters. The monoisotopic (exact) mass is 792 g/mol. The fraction of sp³-hybridized carbons (Fsp3) is 0.600. The lowest BCUT2D eigenvalue weighted by Crippen LogP contribution is -2.82. The van der Waals surface area contributed by atoms with Gasteiger partial charge in [-0.15, -0.1) is 0 Å². The number of benzene rings is 3. The van der Waals surface area contributed by atoms with Gasteiger partial charge in [-0.2, -0.15) is 0 Å². The molecule has 0 radical (unpaired) electrons. The van der Waals surface area contributed by atoms with Gasteiger partial charge in [0, 0.05) is 15.6 Å². The quantitative estimate of drug-likeness (QED) is 0.159. The first-order chi connectivity index (χ1) is 24.8. The largest absolute Gasteiger partial charge is 0.520 e. The first kappa shape index (κ1) is 44.8. The summed E-state index contributed by atoms with van der Waals surface area (Å²) in [4.78, 5) is 40.8. The zero-order valence-electron chi connectivity index (χ0n) is 36.7. The Balaban J connectivity index is 2.28. The van der Waals surface area contributed by atoms with Gasteiger partial charge in [-0.25, -0.2) is 0 Å². The van der Waals surface area contributed by atoms with Crippen LogP contribution in [0.25, 0.3) is 0 Å². The third kappa shape index (κ3) is 8.65. The number of hydrogen-bond acceptors (Lipinski definition) is 6. The van der Waals surface area contributed by atoms with Crippen molar-refractivity contribution in [1.82, 2.24) is 0 Å². The zero-order valence-corrected chi connectivity index (χ0v) is 39.7. The van der Waals surface area contributed by atoms with E-state index in [1.165, 1.54) is 0 Å². The molecule has 0 aromatic heterocycles. The van der Waals surface area contributed by atoms with Crippen molar-refractivity contribution in [1.29, 1.82) is 0 Å². The minimum absolute atomic E-state index is 0.00200. The van der Waals surface area contributed by atoms with Gasteiger partial charge in [0.1, 0.15) is 0 Å². The van der Waals surface area contributed by atoms with E-state index in [4.69, 9.17) is 12.3 Å². The summed E-state index contributed by atoms with van der Waals surface area (Å²) < 4.78 is 21.0. The van der Waals surface area contributed by atoms with Crippen LogP contribution < -0.4 is 15.6 Å². The van der Waals surface area contributed by atoms with E-state index in [9.17, 15) is 14.4 Å². The predicted molar refractivity (Wildman–Crippen MR) is 232 cm³/mol. The van der Waals surface area contributed by atoms with Crippen LogP contribution in [0, 0.1) is 0 Å². The molecule has 1 aliphatic rings. The highest BCUT2D eigenvalue weighted by Crippen LogP contribution is 2.38. The van der Waals surface area contributed by atoms with Crippen molar-refractivity contribution in [2.75, 3.05) is 0 Å². The van der Waals surface area contributed by atoms with Crippen LogP contribution >= 0.6 is 0 Å². The van der Waals surface area contributed by atoms with Crippen LogP contribution in [0.2, 0.25) is 0 Å². The van der Waals surface area contributed by atoms with Crippen LogP contribution in [0.5, 0.6) is 0 Å². The molecule has 0 bridgehead atoms. The van der Waals surface area contributed by atoms with E-state index >= 15 is 0 Å². The molecule has 0 saturated carbocycles. The van der Waals surface area contributed by atoms with E-state index in [2.05, 4.69) is 161 Å². The molecule has 3 aromatic rings. The summed E-state index contributed by atoms with van der Waals surface area (Å²) in [5, 5.41) is 1.76. The summed E-state index contributed by atoms with van der Waals surface area (Å²) in [7, 11) is -14.2. The average molecular weight is 793 g/mol. The van der Waals surface area contributed by atoms with Crippen molar-refractivity contribution in [2.24, 2.45) is 0 Å². The van der Waals surface area contributed by atoms with Gasteiger partial charge in [-0.05, 0) is 103 Å². The highest BCUT2D eigenvalue weighted by molar-refractivity contribution is 7.00. The highest BCUT2D eigenvalue weighted by Gasteiger charge is 2.69. The maximum Gasteiger partial charge on any atom is 0.520 e. The van der Waals surface area contributed by atoms with Gasteiger partial charge >= 0.3 is 26.4 Å².